The number of thiophene rings is 1. The Morgan fingerprint density at radius 1 is 1.35 bits per heavy atom. The molecule has 26 heavy (non-hydrogen) atoms. The molecule has 0 radical (unpaired) electrons. The molecule has 0 spiro atoms. The molecular weight excluding hydrogens is 358 g/mol. The van der Waals surface area contributed by atoms with Gasteiger partial charge in [0.2, 0.25) is 0 Å². The standard InChI is InChI=1S/C17H13N3O5S/c1-24-15-9-11(20(22)23)4-6-13(15)14-7-5-12(25-14)10-18-19-17(21)16-3-2-8-26-16/h2-10H,1H3,(H,19,21)/b18-10-. The molecule has 1 aromatic carbocycles. The minimum Gasteiger partial charge on any atom is -0.496 e. The van der Waals surface area contributed by atoms with Gasteiger partial charge in [0.05, 0.1) is 34.8 Å². The SMILES string of the molecule is COc1cc([N+](=O)[O-])ccc1-c1ccc(/C=N\NC(=O)c2cccs2)o1. The molecule has 0 saturated heterocycles. The average molecular weight is 371 g/mol. The third-order valence-electron chi connectivity index (χ3n) is 3.39. The lowest BCUT2D eigenvalue weighted by molar-refractivity contribution is -0.384. The lowest BCUT2D eigenvalue weighted by Gasteiger charge is -2.05. The van der Waals surface area contributed by atoms with E-state index in [4.69, 9.17) is 9.15 Å². The van der Waals surface area contributed by atoms with Gasteiger partial charge in [-0.1, -0.05) is 6.07 Å². The number of nitro groups is 1. The second kappa shape index (κ2) is 7.62. The second-order valence-corrected chi connectivity index (χ2v) is 5.97. The summed E-state index contributed by atoms with van der Waals surface area (Å²) in [6.45, 7) is 0. The zero-order valence-electron chi connectivity index (χ0n) is 13.5. The summed E-state index contributed by atoms with van der Waals surface area (Å²) in [7, 11) is 1.42. The number of nitro benzene ring substituents is 1. The van der Waals surface area contributed by atoms with Crippen LogP contribution >= 0.6 is 11.3 Å². The zero-order valence-corrected chi connectivity index (χ0v) is 14.4. The van der Waals surface area contributed by atoms with Crippen LogP contribution in [-0.4, -0.2) is 24.2 Å². The third kappa shape index (κ3) is 3.78. The number of carbonyl (C=O) groups is 1. The summed E-state index contributed by atoms with van der Waals surface area (Å²) >= 11 is 1.31. The van der Waals surface area contributed by atoms with Gasteiger partial charge < -0.3 is 9.15 Å². The fraction of sp³-hybridized carbons (Fsp3) is 0.0588. The van der Waals surface area contributed by atoms with Crippen LogP contribution in [0.3, 0.4) is 0 Å². The predicted octanol–water partition coefficient (Wildman–Crippen LogP) is 3.69. The van der Waals surface area contributed by atoms with E-state index in [1.54, 1.807) is 35.7 Å². The number of carbonyl (C=O) groups excluding carboxylic acids is 1. The highest BCUT2D eigenvalue weighted by atomic mass is 32.1. The van der Waals surface area contributed by atoms with Gasteiger partial charge in [0.1, 0.15) is 17.3 Å². The van der Waals surface area contributed by atoms with E-state index in [1.807, 2.05) is 0 Å². The molecule has 0 fully saturated rings. The second-order valence-electron chi connectivity index (χ2n) is 5.02. The number of benzene rings is 1. The first-order chi connectivity index (χ1) is 12.6. The highest BCUT2D eigenvalue weighted by Crippen LogP contribution is 2.33. The van der Waals surface area contributed by atoms with Crippen LogP contribution in [0, 0.1) is 10.1 Å². The molecule has 1 N–H and O–H groups in total. The maximum atomic E-state index is 11.8. The van der Waals surface area contributed by atoms with Gasteiger partial charge >= 0.3 is 0 Å². The van der Waals surface area contributed by atoms with E-state index in [-0.39, 0.29) is 11.6 Å². The van der Waals surface area contributed by atoms with Crippen molar-refractivity contribution in [3.63, 3.8) is 0 Å². The largest absolute Gasteiger partial charge is 0.496 e. The van der Waals surface area contributed by atoms with Crippen LogP contribution in [0.1, 0.15) is 15.4 Å². The minimum absolute atomic E-state index is 0.0739. The van der Waals surface area contributed by atoms with Gasteiger partial charge in [-0.25, -0.2) is 5.43 Å². The Labute approximate surface area is 151 Å². The molecular formula is C17H13N3O5S. The number of rotatable bonds is 6. The molecule has 1 amide bonds. The van der Waals surface area contributed by atoms with E-state index in [0.717, 1.165) is 0 Å². The van der Waals surface area contributed by atoms with Crippen molar-refractivity contribution >= 4 is 29.1 Å². The van der Waals surface area contributed by atoms with E-state index >= 15 is 0 Å². The predicted molar refractivity (Wildman–Crippen MR) is 96.7 cm³/mol. The topological polar surface area (TPSA) is 107 Å². The van der Waals surface area contributed by atoms with Crippen molar-refractivity contribution in [2.24, 2.45) is 5.10 Å². The maximum Gasteiger partial charge on any atom is 0.281 e. The smallest absolute Gasteiger partial charge is 0.281 e. The number of ether oxygens (including phenoxy) is 1. The number of furan rings is 1. The first kappa shape index (κ1) is 17.4. The third-order valence-corrected chi connectivity index (χ3v) is 4.26. The van der Waals surface area contributed by atoms with Gasteiger partial charge in [0, 0.05) is 6.07 Å². The van der Waals surface area contributed by atoms with Gasteiger partial charge in [0.15, 0.2) is 0 Å². The molecule has 0 unspecified atom stereocenters. The summed E-state index contributed by atoms with van der Waals surface area (Å²) in [6.07, 6.45) is 1.37. The van der Waals surface area contributed by atoms with E-state index in [9.17, 15) is 14.9 Å². The van der Waals surface area contributed by atoms with Crippen LogP contribution in [-0.2, 0) is 0 Å². The number of amides is 1. The molecule has 2 heterocycles. The lowest BCUT2D eigenvalue weighted by atomic mass is 10.1. The Bertz CT molecular complexity index is 963. The normalized spacial score (nSPS) is 10.8. The molecule has 3 aromatic rings. The Morgan fingerprint density at radius 2 is 2.19 bits per heavy atom. The first-order valence-electron chi connectivity index (χ1n) is 7.38. The molecule has 9 heteroatoms. The van der Waals surface area contributed by atoms with Crippen molar-refractivity contribution in [2.75, 3.05) is 7.11 Å². The Morgan fingerprint density at radius 3 is 2.88 bits per heavy atom. The summed E-state index contributed by atoms with van der Waals surface area (Å²) in [5.74, 6) is 0.887. The molecule has 0 aliphatic carbocycles. The lowest BCUT2D eigenvalue weighted by Crippen LogP contribution is -2.15. The fourth-order valence-corrected chi connectivity index (χ4v) is 2.79. The quantitative estimate of drug-likeness (QED) is 0.404. The number of nitrogens with zero attached hydrogens (tertiary/aromatic N) is 2. The molecule has 0 aliphatic rings. The molecule has 132 valence electrons. The van der Waals surface area contributed by atoms with Crippen LogP contribution in [0.5, 0.6) is 5.75 Å². The van der Waals surface area contributed by atoms with Crippen molar-refractivity contribution < 1.29 is 18.9 Å². The zero-order chi connectivity index (χ0) is 18.5. The van der Waals surface area contributed by atoms with E-state index in [1.165, 1.54) is 36.8 Å². The van der Waals surface area contributed by atoms with Crippen molar-refractivity contribution in [2.45, 2.75) is 0 Å². The van der Waals surface area contributed by atoms with E-state index < -0.39 is 4.92 Å². The van der Waals surface area contributed by atoms with E-state index in [2.05, 4.69) is 10.5 Å². The van der Waals surface area contributed by atoms with Gasteiger partial charge in [-0.15, -0.1) is 11.3 Å². The number of hydrogen-bond donors (Lipinski definition) is 1. The van der Waals surface area contributed by atoms with Crippen LogP contribution in [0.25, 0.3) is 11.3 Å². The van der Waals surface area contributed by atoms with Gasteiger partial charge in [0.25, 0.3) is 11.6 Å². The molecule has 0 atom stereocenters. The molecule has 0 saturated carbocycles. The summed E-state index contributed by atoms with van der Waals surface area (Å²) in [4.78, 5) is 22.7. The summed E-state index contributed by atoms with van der Waals surface area (Å²) in [6, 6.07) is 11.1. The van der Waals surface area contributed by atoms with Gasteiger partial charge in [-0.2, -0.15) is 5.10 Å². The Kier molecular flexibility index (Phi) is 5.09. The van der Waals surface area contributed by atoms with Crippen LogP contribution in [0.2, 0.25) is 0 Å². The Balaban J connectivity index is 1.74. The summed E-state index contributed by atoms with van der Waals surface area (Å²) in [5.41, 5.74) is 2.90. The van der Waals surface area contributed by atoms with Crippen LogP contribution < -0.4 is 10.2 Å². The van der Waals surface area contributed by atoms with Crippen molar-refractivity contribution in [3.8, 4) is 17.1 Å². The monoisotopic (exact) mass is 371 g/mol. The molecule has 3 rings (SSSR count). The molecule has 0 aliphatic heterocycles. The number of non-ortho nitro benzene ring substituents is 1. The first-order valence-corrected chi connectivity index (χ1v) is 8.26. The van der Waals surface area contributed by atoms with Crippen molar-refractivity contribution in [1.82, 2.24) is 5.43 Å². The van der Waals surface area contributed by atoms with Crippen LogP contribution in [0.4, 0.5) is 5.69 Å². The highest BCUT2D eigenvalue weighted by molar-refractivity contribution is 7.12. The van der Waals surface area contributed by atoms with Crippen LogP contribution in [0.15, 0.2) is 57.4 Å². The number of hydrazone groups is 1. The van der Waals surface area contributed by atoms with Gasteiger partial charge in [-0.3, -0.25) is 14.9 Å². The number of nitrogens with one attached hydrogen (secondary N) is 1. The van der Waals surface area contributed by atoms with Crippen molar-refractivity contribution in [1.29, 1.82) is 0 Å². The molecule has 8 nitrogen and oxygen atoms in total. The highest BCUT2D eigenvalue weighted by Gasteiger charge is 2.15. The Hall–Kier alpha value is -3.46. The average Bonchev–Trinajstić information content (AvgIpc) is 3.33. The van der Waals surface area contributed by atoms with Crippen molar-refractivity contribution in [3.05, 3.63) is 68.6 Å². The number of hydrogen-bond acceptors (Lipinski definition) is 7. The summed E-state index contributed by atoms with van der Waals surface area (Å²) < 4.78 is 10.8. The molecule has 2 aromatic heterocycles. The summed E-state index contributed by atoms with van der Waals surface area (Å²) in [5, 5.41) is 16.5. The van der Waals surface area contributed by atoms with E-state index in [0.29, 0.717) is 27.7 Å². The fourth-order valence-electron chi connectivity index (χ4n) is 2.18. The maximum absolute atomic E-state index is 11.8. The molecule has 0 bridgehead atoms. The minimum atomic E-state index is -0.497. The van der Waals surface area contributed by atoms with Gasteiger partial charge in [-0.05, 0) is 29.6 Å². The number of methoxy groups -OCH3 is 1.